The standard InChI is InChI=1S/C9H14N4O4/c1-2-8(14)11-3-4-16-5-6-17-9(15)7-12-13-10/h2H,1,3-7H2,(H,11,14). The number of amides is 1. The van der Waals surface area contributed by atoms with Crippen molar-refractivity contribution >= 4 is 11.9 Å². The minimum atomic E-state index is -0.605. The molecule has 0 aliphatic rings. The van der Waals surface area contributed by atoms with Gasteiger partial charge in [0.25, 0.3) is 0 Å². The molecule has 8 nitrogen and oxygen atoms in total. The van der Waals surface area contributed by atoms with E-state index in [0.29, 0.717) is 13.2 Å². The minimum absolute atomic E-state index is 0.0786. The van der Waals surface area contributed by atoms with Crippen LogP contribution in [0, 0.1) is 0 Å². The monoisotopic (exact) mass is 242 g/mol. The fraction of sp³-hybridized carbons (Fsp3) is 0.556. The Hall–Kier alpha value is -2.05. The van der Waals surface area contributed by atoms with Crippen molar-refractivity contribution in [3.63, 3.8) is 0 Å². The zero-order chi connectivity index (χ0) is 12.9. The molecule has 0 saturated carbocycles. The summed E-state index contributed by atoms with van der Waals surface area (Å²) in [5.41, 5.74) is 7.93. The summed E-state index contributed by atoms with van der Waals surface area (Å²) in [6.07, 6.45) is 1.16. The Bertz CT molecular complexity index is 312. The second-order valence-electron chi connectivity index (χ2n) is 2.72. The lowest BCUT2D eigenvalue weighted by atomic mass is 10.5. The summed E-state index contributed by atoms with van der Waals surface area (Å²) in [6, 6.07) is 0. The van der Waals surface area contributed by atoms with E-state index in [2.05, 4.69) is 26.7 Å². The molecule has 0 aliphatic carbocycles. The summed E-state index contributed by atoms with van der Waals surface area (Å²) < 4.78 is 9.71. The predicted octanol–water partition coefficient (Wildman–Crippen LogP) is 0.159. The number of azide groups is 1. The molecular formula is C9H14N4O4. The van der Waals surface area contributed by atoms with E-state index < -0.39 is 5.97 Å². The van der Waals surface area contributed by atoms with Crippen LogP contribution in [-0.2, 0) is 19.1 Å². The summed E-state index contributed by atoms with van der Waals surface area (Å²) in [6.45, 7) is 3.93. The van der Waals surface area contributed by atoms with Crippen molar-refractivity contribution in [2.75, 3.05) is 32.9 Å². The maximum atomic E-state index is 10.8. The zero-order valence-corrected chi connectivity index (χ0v) is 9.29. The van der Waals surface area contributed by atoms with E-state index in [9.17, 15) is 9.59 Å². The average molecular weight is 242 g/mol. The number of hydrogen-bond donors (Lipinski definition) is 1. The molecule has 0 aliphatic heterocycles. The molecule has 0 radical (unpaired) electrons. The van der Waals surface area contributed by atoms with Gasteiger partial charge in [0.05, 0.1) is 13.2 Å². The molecule has 8 heteroatoms. The highest BCUT2D eigenvalue weighted by Gasteiger charge is 1.99. The van der Waals surface area contributed by atoms with Crippen LogP contribution in [0.4, 0.5) is 0 Å². The van der Waals surface area contributed by atoms with Gasteiger partial charge >= 0.3 is 5.97 Å². The summed E-state index contributed by atoms with van der Waals surface area (Å²) in [5, 5.41) is 5.55. The van der Waals surface area contributed by atoms with Crippen molar-refractivity contribution in [1.82, 2.24) is 5.32 Å². The number of rotatable bonds is 9. The molecule has 0 heterocycles. The normalized spacial score (nSPS) is 8.94. The van der Waals surface area contributed by atoms with E-state index in [1.165, 1.54) is 0 Å². The van der Waals surface area contributed by atoms with E-state index in [1.54, 1.807) is 0 Å². The van der Waals surface area contributed by atoms with Crippen LogP contribution in [0.15, 0.2) is 17.8 Å². The maximum absolute atomic E-state index is 10.8. The van der Waals surface area contributed by atoms with E-state index >= 15 is 0 Å². The van der Waals surface area contributed by atoms with Gasteiger partial charge in [-0.05, 0) is 11.6 Å². The Balaban J connectivity index is 3.29. The SMILES string of the molecule is C=CC(=O)NCCOCCOC(=O)CN=[N+]=[N-]. The van der Waals surface area contributed by atoms with E-state index in [0.717, 1.165) is 6.08 Å². The molecule has 0 fully saturated rings. The van der Waals surface area contributed by atoms with Crippen molar-refractivity contribution in [3.8, 4) is 0 Å². The Morgan fingerprint density at radius 1 is 1.41 bits per heavy atom. The third kappa shape index (κ3) is 10.2. The smallest absolute Gasteiger partial charge is 0.311 e. The van der Waals surface area contributed by atoms with Crippen molar-refractivity contribution in [2.45, 2.75) is 0 Å². The van der Waals surface area contributed by atoms with Crippen molar-refractivity contribution < 1.29 is 19.1 Å². The molecule has 17 heavy (non-hydrogen) atoms. The molecule has 94 valence electrons. The molecule has 0 aromatic carbocycles. The van der Waals surface area contributed by atoms with Crippen LogP contribution >= 0.6 is 0 Å². The first-order chi connectivity index (χ1) is 8.20. The largest absolute Gasteiger partial charge is 0.463 e. The molecule has 1 N–H and O–H groups in total. The van der Waals surface area contributed by atoms with E-state index in [4.69, 9.17) is 10.3 Å². The van der Waals surface area contributed by atoms with E-state index in [-0.39, 0.29) is 25.7 Å². The second kappa shape index (κ2) is 10.5. The second-order valence-corrected chi connectivity index (χ2v) is 2.72. The first kappa shape index (κ1) is 14.9. The summed E-state index contributed by atoms with van der Waals surface area (Å²) in [7, 11) is 0. The molecule has 0 rings (SSSR count). The highest BCUT2D eigenvalue weighted by molar-refractivity contribution is 5.86. The number of carbonyl (C=O) groups excluding carboxylic acids is 2. The lowest BCUT2D eigenvalue weighted by Crippen LogP contribution is -2.25. The van der Waals surface area contributed by atoms with Crippen molar-refractivity contribution in [3.05, 3.63) is 23.1 Å². The number of carbonyl (C=O) groups is 2. The lowest BCUT2D eigenvalue weighted by Gasteiger charge is -2.05. The minimum Gasteiger partial charge on any atom is -0.463 e. The summed E-state index contributed by atoms with van der Waals surface area (Å²) >= 11 is 0. The van der Waals surface area contributed by atoms with Crippen molar-refractivity contribution in [2.24, 2.45) is 5.11 Å². The first-order valence-electron chi connectivity index (χ1n) is 4.85. The van der Waals surface area contributed by atoms with Gasteiger partial charge in [0.2, 0.25) is 5.91 Å². The Morgan fingerprint density at radius 3 is 2.82 bits per heavy atom. The Labute approximate surface area is 98.2 Å². The molecule has 0 spiro atoms. The Kier molecular flexibility index (Phi) is 9.20. The molecule has 0 aromatic heterocycles. The van der Waals surface area contributed by atoms with Gasteiger partial charge in [0.15, 0.2) is 0 Å². The van der Waals surface area contributed by atoms with Gasteiger partial charge in [-0.3, -0.25) is 9.59 Å². The highest BCUT2D eigenvalue weighted by Crippen LogP contribution is 1.82. The van der Waals surface area contributed by atoms with Crippen LogP contribution in [-0.4, -0.2) is 44.8 Å². The first-order valence-corrected chi connectivity index (χ1v) is 4.85. The fourth-order valence-electron chi connectivity index (χ4n) is 0.770. The molecule has 0 atom stereocenters. The molecule has 0 aromatic rings. The van der Waals surface area contributed by atoms with Gasteiger partial charge in [-0.2, -0.15) is 0 Å². The molecular weight excluding hydrogens is 228 g/mol. The van der Waals surface area contributed by atoms with Gasteiger partial charge in [0, 0.05) is 11.5 Å². The van der Waals surface area contributed by atoms with Gasteiger partial charge in [-0.25, -0.2) is 0 Å². The van der Waals surface area contributed by atoms with E-state index in [1.807, 2.05) is 0 Å². The average Bonchev–Trinajstić information content (AvgIpc) is 2.34. The molecule has 0 saturated heterocycles. The molecule has 1 amide bonds. The van der Waals surface area contributed by atoms with Crippen LogP contribution < -0.4 is 5.32 Å². The quantitative estimate of drug-likeness (QED) is 0.155. The number of ether oxygens (including phenoxy) is 2. The summed E-state index contributed by atoms with van der Waals surface area (Å²) in [5.74, 6) is -0.874. The van der Waals surface area contributed by atoms with Crippen LogP contribution in [0.1, 0.15) is 0 Å². The lowest BCUT2D eigenvalue weighted by molar-refractivity contribution is -0.143. The van der Waals surface area contributed by atoms with Gasteiger partial charge in [0.1, 0.15) is 13.2 Å². The number of nitrogens with one attached hydrogen (secondary N) is 1. The van der Waals surface area contributed by atoms with Crippen LogP contribution in [0.5, 0.6) is 0 Å². The van der Waals surface area contributed by atoms with Crippen LogP contribution in [0.25, 0.3) is 10.4 Å². The van der Waals surface area contributed by atoms with Crippen molar-refractivity contribution in [1.29, 1.82) is 0 Å². The Morgan fingerprint density at radius 2 is 2.18 bits per heavy atom. The maximum Gasteiger partial charge on any atom is 0.311 e. The zero-order valence-electron chi connectivity index (χ0n) is 9.29. The molecule has 0 unspecified atom stereocenters. The molecule has 0 bridgehead atoms. The fourth-order valence-corrected chi connectivity index (χ4v) is 0.770. The highest BCUT2D eigenvalue weighted by atomic mass is 16.6. The number of nitrogens with zero attached hydrogens (tertiary/aromatic N) is 3. The number of esters is 1. The third-order valence-electron chi connectivity index (χ3n) is 1.48. The predicted molar refractivity (Wildman–Crippen MR) is 59.0 cm³/mol. The van der Waals surface area contributed by atoms with Gasteiger partial charge < -0.3 is 14.8 Å². The van der Waals surface area contributed by atoms with Gasteiger partial charge in [-0.15, -0.1) is 0 Å². The summed E-state index contributed by atoms with van der Waals surface area (Å²) in [4.78, 5) is 23.9. The number of hydrogen-bond acceptors (Lipinski definition) is 5. The topological polar surface area (TPSA) is 113 Å². The third-order valence-corrected chi connectivity index (χ3v) is 1.48. The van der Waals surface area contributed by atoms with Crippen LogP contribution in [0.2, 0.25) is 0 Å². The van der Waals surface area contributed by atoms with Crippen LogP contribution in [0.3, 0.4) is 0 Å². The van der Waals surface area contributed by atoms with Gasteiger partial charge in [-0.1, -0.05) is 11.7 Å².